The summed E-state index contributed by atoms with van der Waals surface area (Å²) in [4.78, 5) is 11.8. The number of urea groups is 1. The van der Waals surface area contributed by atoms with Gasteiger partial charge in [0.05, 0.1) is 6.04 Å². The first-order valence-electron chi connectivity index (χ1n) is 7.54. The van der Waals surface area contributed by atoms with Crippen LogP contribution in [0, 0.1) is 0 Å². The molecule has 2 rings (SSSR count). The zero-order valence-electron chi connectivity index (χ0n) is 12.8. The minimum atomic E-state index is -1.70. The van der Waals surface area contributed by atoms with Gasteiger partial charge in [0.2, 0.25) is 0 Å². The molecule has 134 valence electrons. The Morgan fingerprint density at radius 3 is 1.92 bits per heavy atom. The largest absolute Gasteiger partial charge is 0.508 e. The van der Waals surface area contributed by atoms with Crippen LogP contribution in [-0.4, -0.2) is 79.8 Å². The molecule has 9 nitrogen and oxygen atoms in total. The van der Waals surface area contributed by atoms with Gasteiger partial charge in [0.15, 0.2) is 0 Å². The smallest absolute Gasteiger partial charge is 0.315 e. The van der Waals surface area contributed by atoms with Gasteiger partial charge in [-0.1, -0.05) is 12.1 Å². The highest BCUT2D eigenvalue weighted by Gasteiger charge is 2.48. The molecule has 0 bridgehead atoms. The minimum absolute atomic E-state index is 0.143. The van der Waals surface area contributed by atoms with Crippen molar-refractivity contribution in [2.45, 2.75) is 43.0 Å². The van der Waals surface area contributed by atoms with E-state index in [0.717, 1.165) is 5.56 Å². The summed E-state index contributed by atoms with van der Waals surface area (Å²) in [5.74, 6) is 0.143. The fraction of sp³-hybridized carbons (Fsp3) is 0.533. The van der Waals surface area contributed by atoms with E-state index >= 15 is 0 Å². The molecule has 2 amide bonds. The molecule has 0 heterocycles. The standard InChI is InChI=1S/C15H22N2O7/c18-8-3-1-7(2-4-8)5-6-16-15(24)17-9-10(19)12(21)14(23)13(22)11(9)20/h1-4,9-14,18-23H,5-6H2,(H2,16,17,24)/t9?,10-,11+,12+,13-,14?. The number of aromatic hydroxyl groups is 1. The number of hydrogen-bond acceptors (Lipinski definition) is 7. The minimum Gasteiger partial charge on any atom is -0.508 e. The Morgan fingerprint density at radius 1 is 0.875 bits per heavy atom. The number of nitrogens with one attached hydrogen (secondary N) is 2. The molecular weight excluding hydrogens is 320 g/mol. The summed E-state index contributed by atoms with van der Waals surface area (Å²) >= 11 is 0. The van der Waals surface area contributed by atoms with E-state index < -0.39 is 42.6 Å². The molecule has 24 heavy (non-hydrogen) atoms. The summed E-state index contributed by atoms with van der Waals surface area (Å²) < 4.78 is 0. The van der Waals surface area contributed by atoms with Gasteiger partial charge in [-0.2, -0.15) is 0 Å². The predicted molar refractivity (Wildman–Crippen MR) is 82.2 cm³/mol. The van der Waals surface area contributed by atoms with Crippen LogP contribution in [0.15, 0.2) is 24.3 Å². The van der Waals surface area contributed by atoms with E-state index in [4.69, 9.17) is 0 Å². The second-order valence-electron chi connectivity index (χ2n) is 5.80. The van der Waals surface area contributed by atoms with Gasteiger partial charge < -0.3 is 41.3 Å². The number of phenolic OH excluding ortho intramolecular Hbond substituents is 1. The van der Waals surface area contributed by atoms with Crippen molar-refractivity contribution in [3.63, 3.8) is 0 Å². The van der Waals surface area contributed by atoms with Crippen LogP contribution in [0.2, 0.25) is 0 Å². The normalized spacial score (nSPS) is 33.0. The second kappa shape index (κ2) is 7.77. The molecular formula is C15H22N2O7. The van der Waals surface area contributed by atoms with Crippen molar-refractivity contribution >= 4 is 6.03 Å². The van der Waals surface area contributed by atoms with Gasteiger partial charge >= 0.3 is 6.03 Å². The van der Waals surface area contributed by atoms with Crippen molar-refractivity contribution in [1.82, 2.24) is 10.6 Å². The molecule has 0 saturated heterocycles. The van der Waals surface area contributed by atoms with E-state index in [-0.39, 0.29) is 12.3 Å². The predicted octanol–water partition coefficient (Wildman–Crippen LogP) is -2.58. The number of phenols is 1. The number of aliphatic hydroxyl groups excluding tert-OH is 5. The highest BCUT2D eigenvalue weighted by atomic mass is 16.4. The molecule has 0 aromatic heterocycles. The van der Waals surface area contributed by atoms with Crippen LogP contribution in [0.3, 0.4) is 0 Å². The average Bonchev–Trinajstić information content (AvgIpc) is 2.57. The van der Waals surface area contributed by atoms with Crippen molar-refractivity contribution in [2.24, 2.45) is 0 Å². The number of benzene rings is 1. The van der Waals surface area contributed by atoms with E-state index in [9.17, 15) is 35.4 Å². The molecule has 2 unspecified atom stereocenters. The maximum absolute atomic E-state index is 11.8. The molecule has 1 aliphatic carbocycles. The topological polar surface area (TPSA) is 163 Å². The lowest BCUT2D eigenvalue weighted by atomic mass is 9.83. The number of aliphatic hydroxyl groups is 5. The third kappa shape index (κ3) is 4.13. The Morgan fingerprint density at radius 2 is 1.38 bits per heavy atom. The molecule has 6 atom stereocenters. The first kappa shape index (κ1) is 18.4. The molecule has 0 spiro atoms. The summed E-state index contributed by atoms with van der Waals surface area (Å²) in [6.07, 6.45) is -7.84. The molecule has 9 heteroatoms. The zero-order chi connectivity index (χ0) is 17.9. The van der Waals surface area contributed by atoms with Gasteiger partial charge in [-0.05, 0) is 24.1 Å². The molecule has 1 aromatic carbocycles. The third-order valence-electron chi connectivity index (χ3n) is 4.07. The Labute approximate surface area is 138 Å². The lowest BCUT2D eigenvalue weighted by Crippen LogP contribution is -2.69. The summed E-state index contributed by atoms with van der Waals surface area (Å²) in [7, 11) is 0. The van der Waals surface area contributed by atoms with Crippen LogP contribution in [-0.2, 0) is 6.42 Å². The summed E-state index contributed by atoms with van der Waals surface area (Å²) in [5, 5.41) is 62.3. The van der Waals surface area contributed by atoms with Crippen LogP contribution < -0.4 is 10.6 Å². The summed E-state index contributed by atoms with van der Waals surface area (Å²) in [6.45, 7) is 0.253. The van der Waals surface area contributed by atoms with Gasteiger partial charge in [0, 0.05) is 6.54 Å². The van der Waals surface area contributed by atoms with Gasteiger partial charge in [-0.15, -0.1) is 0 Å². The number of rotatable bonds is 4. The fourth-order valence-corrected chi connectivity index (χ4v) is 2.59. The third-order valence-corrected chi connectivity index (χ3v) is 4.07. The molecule has 8 N–H and O–H groups in total. The molecule has 0 aliphatic heterocycles. The van der Waals surface area contributed by atoms with E-state index in [1.807, 2.05) is 0 Å². The van der Waals surface area contributed by atoms with Crippen LogP contribution in [0.1, 0.15) is 5.56 Å². The van der Waals surface area contributed by atoms with Crippen LogP contribution in [0.25, 0.3) is 0 Å². The lowest BCUT2D eigenvalue weighted by Gasteiger charge is -2.41. The maximum Gasteiger partial charge on any atom is 0.315 e. The Hall–Kier alpha value is -1.91. The average molecular weight is 342 g/mol. The molecule has 1 aromatic rings. The Kier molecular flexibility index (Phi) is 5.97. The van der Waals surface area contributed by atoms with E-state index in [0.29, 0.717) is 6.42 Å². The van der Waals surface area contributed by atoms with Gasteiger partial charge in [0.1, 0.15) is 36.3 Å². The van der Waals surface area contributed by atoms with Crippen molar-refractivity contribution in [1.29, 1.82) is 0 Å². The van der Waals surface area contributed by atoms with E-state index in [1.54, 1.807) is 12.1 Å². The second-order valence-corrected chi connectivity index (χ2v) is 5.80. The first-order valence-corrected chi connectivity index (χ1v) is 7.54. The first-order chi connectivity index (χ1) is 11.3. The van der Waals surface area contributed by atoms with Crippen molar-refractivity contribution < 1.29 is 35.4 Å². The van der Waals surface area contributed by atoms with Crippen molar-refractivity contribution in [3.8, 4) is 5.75 Å². The quantitative estimate of drug-likeness (QED) is 0.298. The summed E-state index contributed by atoms with van der Waals surface area (Å²) in [5.41, 5.74) is 0.889. The lowest BCUT2D eigenvalue weighted by molar-refractivity contribution is -0.188. The van der Waals surface area contributed by atoms with E-state index in [2.05, 4.69) is 10.6 Å². The van der Waals surface area contributed by atoms with E-state index in [1.165, 1.54) is 12.1 Å². The van der Waals surface area contributed by atoms with Gasteiger partial charge in [-0.3, -0.25) is 0 Å². The van der Waals surface area contributed by atoms with Gasteiger partial charge in [-0.25, -0.2) is 4.79 Å². The molecule has 0 radical (unpaired) electrons. The fourth-order valence-electron chi connectivity index (χ4n) is 2.59. The number of amides is 2. The maximum atomic E-state index is 11.8. The summed E-state index contributed by atoms with van der Waals surface area (Å²) in [6, 6.07) is 4.44. The Balaban J connectivity index is 1.83. The number of hydrogen-bond donors (Lipinski definition) is 8. The highest BCUT2D eigenvalue weighted by molar-refractivity contribution is 5.74. The van der Waals surface area contributed by atoms with Gasteiger partial charge in [0.25, 0.3) is 0 Å². The van der Waals surface area contributed by atoms with Crippen LogP contribution >= 0.6 is 0 Å². The molecule has 1 aliphatic rings. The van der Waals surface area contributed by atoms with Crippen LogP contribution in [0.5, 0.6) is 5.75 Å². The molecule has 1 fully saturated rings. The number of carbonyl (C=O) groups excluding carboxylic acids is 1. The highest BCUT2D eigenvalue weighted by Crippen LogP contribution is 2.21. The monoisotopic (exact) mass is 342 g/mol. The van der Waals surface area contributed by atoms with Crippen molar-refractivity contribution in [3.05, 3.63) is 29.8 Å². The zero-order valence-corrected chi connectivity index (χ0v) is 12.8. The number of carbonyl (C=O) groups is 1. The molecule has 1 saturated carbocycles. The van der Waals surface area contributed by atoms with Crippen LogP contribution in [0.4, 0.5) is 4.79 Å². The Bertz CT molecular complexity index is 537. The van der Waals surface area contributed by atoms with Crippen molar-refractivity contribution in [2.75, 3.05) is 6.54 Å². The SMILES string of the molecule is O=C(NCCc1ccc(O)cc1)NC1[C@@H](O)[C@H](O)C(O)[C@H](O)[C@H]1O.